The average molecular weight is 571 g/mol. The van der Waals surface area contributed by atoms with Crippen molar-refractivity contribution in [3.63, 3.8) is 0 Å². The molecule has 0 aromatic heterocycles. The second-order valence-corrected chi connectivity index (χ2v) is 9.16. The monoisotopic (exact) mass is 570 g/mol. The Balaban J connectivity index is 1.53. The molecule has 0 fully saturated rings. The van der Waals surface area contributed by atoms with Gasteiger partial charge in [0.25, 0.3) is 5.91 Å². The molecule has 0 unspecified atom stereocenters. The molecule has 0 saturated heterocycles. The number of fused-ring (bicyclic) bond motifs is 1. The van der Waals surface area contributed by atoms with Gasteiger partial charge in [0.15, 0.2) is 11.5 Å². The van der Waals surface area contributed by atoms with E-state index in [0.29, 0.717) is 52.8 Å². The SMILES string of the molecule is CCOc1ccc(NC(=O)/C(C#N)=C/c2cc(OCC)c(OCc3ccc4ccccc4c3)cc2Br)cc1. The molecular formula is C31H27BrN2O4. The van der Waals surface area contributed by atoms with Gasteiger partial charge in [-0.3, -0.25) is 4.79 Å². The van der Waals surface area contributed by atoms with Crippen LogP contribution < -0.4 is 19.5 Å². The van der Waals surface area contributed by atoms with Gasteiger partial charge in [0.05, 0.1) is 13.2 Å². The Labute approximate surface area is 230 Å². The van der Waals surface area contributed by atoms with Gasteiger partial charge in [0, 0.05) is 10.2 Å². The topological polar surface area (TPSA) is 80.6 Å². The van der Waals surface area contributed by atoms with Crippen molar-refractivity contribution in [2.45, 2.75) is 20.5 Å². The highest BCUT2D eigenvalue weighted by atomic mass is 79.9. The third-order valence-electron chi connectivity index (χ3n) is 5.66. The molecule has 0 atom stereocenters. The van der Waals surface area contributed by atoms with Crippen LogP contribution >= 0.6 is 15.9 Å². The van der Waals surface area contributed by atoms with Crippen LogP contribution in [-0.2, 0) is 11.4 Å². The predicted octanol–water partition coefficient (Wildman–Crippen LogP) is 7.52. The highest BCUT2D eigenvalue weighted by Crippen LogP contribution is 2.35. The van der Waals surface area contributed by atoms with Crippen LogP contribution in [0.2, 0.25) is 0 Å². The number of hydrogen-bond acceptors (Lipinski definition) is 5. The van der Waals surface area contributed by atoms with E-state index in [4.69, 9.17) is 14.2 Å². The molecule has 0 aliphatic rings. The molecule has 4 aromatic carbocycles. The molecule has 4 rings (SSSR count). The van der Waals surface area contributed by atoms with Crippen LogP contribution in [0.4, 0.5) is 5.69 Å². The third-order valence-corrected chi connectivity index (χ3v) is 6.35. The fourth-order valence-electron chi connectivity index (χ4n) is 3.84. The summed E-state index contributed by atoms with van der Waals surface area (Å²) < 4.78 is 18.0. The van der Waals surface area contributed by atoms with Gasteiger partial charge in [0.1, 0.15) is 24.0 Å². The van der Waals surface area contributed by atoms with Crippen molar-refractivity contribution in [1.29, 1.82) is 5.26 Å². The van der Waals surface area contributed by atoms with Gasteiger partial charge >= 0.3 is 0 Å². The molecule has 0 aliphatic carbocycles. The summed E-state index contributed by atoms with van der Waals surface area (Å²) in [6.45, 7) is 5.13. The number of halogens is 1. The number of rotatable bonds is 10. The molecule has 0 bridgehead atoms. The molecule has 0 heterocycles. The van der Waals surface area contributed by atoms with Gasteiger partial charge in [-0.15, -0.1) is 0 Å². The summed E-state index contributed by atoms with van der Waals surface area (Å²) in [5, 5.41) is 14.7. The van der Waals surface area contributed by atoms with Crippen molar-refractivity contribution in [1.82, 2.24) is 0 Å². The molecule has 38 heavy (non-hydrogen) atoms. The number of carbonyl (C=O) groups is 1. The lowest BCUT2D eigenvalue weighted by atomic mass is 10.1. The summed E-state index contributed by atoms with van der Waals surface area (Å²) in [5.41, 5.74) is 2.16. The normalized spacial score (nSPS) is 11.1. The van der Waals surface area contributed by atoms with Crippen LogP contribution in [0.5, 0.6) is 17.2 Å². The minimum atomic E-state index is -0.516. The van der Waals surface area contributed by atoms with Crippen molar-refractivity contribution in [2.24, 2.45) is 0 Å². The van der Waals surface area contributed by atoms with E-state index in [9.17, 15) is 10.1 Å². The standard InChI is InChI=1S/C31H27BrN2O4/c1-3-36-27-13-11-26(12-14-27)34-31(35)25(19-33)16-24-17-29(37-4-2)30(18-28(24)32)38-20-21-9-10-22-7-5-6-8-23(22)15-21/h5-18H,3-4,20H2,1-2H3,(H,34,35)/b25-16+. The maximum atomic E-state index is 12.8. The molecule has 192 valence electrons. The number of nitriles is 1. The van der Waals surface area contributed by atoms with Crippen molar-refractivity contribution in [3.05, 3.63) is 100 Å². The number of hydrogen-bond donors (Lipinski definition) is 1. The Morgan fingerprint density at radius 3 is 2.32 bits per heavy atom. The van der Waals surface area contributed by atoms with E-state index in [-0.39, 0.29) is 5.57 Å². The average Bonchev–Trinajstić information content (AvgIpc) is 2.93. The Kier molecular flexibility index (Phi) is 9.02. The van der Waals surface area contributed by atoms with E-state index < -0.39 is 5.91 Å². The number of ether oxygens (including phenoxy) is 3. The van der Waals surface area contributed by atoms with Crippen LogP contribution in [0, 0.1) is 11.3 Å². The summed E-state index contributed by atoms with van der Waals surface area (Å²) >= 11 is 3.55. The van der Waals surface area contributed by atoms with Crippen molar-refractivity contribution in [3.8, 4) is 23.3 Å². The minimum absolute atomic E-state index is 0.0492. The van der Waals surface area contributed by atoms with Gasteiger partial charge in [-0.05, 0) is 84.3 Å². The van der Waals surface area contributed by atoms with Gasteiger partial charge < -0.3 is 19.5 Å². The Morgan fingerprint density at radius 1 is 0.895 bits per heavy atom. The smallest absolute Gasteiger partial charge is 0.266 e. The molecule has 0 aliphatic heterocycles. The summed E-state index contributed by atoms with van der Waals surface area (Å²) in [4.78, 5) is 12.8. The maximum Gasteiger partial charge on any atom is 0.266 e. The van der Waals surface area contributed by atoms with E-state index in [2.05, 4.69) is 45.5 Å². The zero-order valence-corrected chi connectivity index (χ0v) is 22.7. The lowest BCUT2D eigenvalue weighted by Crippen LogP contribution is -2.13. The van der Waals surface area contributed by atoms with E-state index >= 15 is 0 Å². The van der Waals surface area contributed by atoms with E-state index in [1.807, 2.05) is 38.1 Å². The number of benzene rings is 4. The molecular weight excluding hydrogens is 544 g/mol. The summed E-state index contributed by atoms with van der Waals surface area (Å²) in [6.07, 6.45) is 1.52. The second kappa shape index (κ2) is 12.8. The van der Waals surface area contributed by atoms with Crippen LogP contribution in [0.15, 0.2) is 88.9 Å². The molecule has 0 spiro atoms. The first kappa shape index (κ1) is 26.8. The zero-order valence-electron chi connectivity index (χ0n) is 21.2. The largest absolute Gasteiger partial charge is 0.494 e. The highest BCUT2D eigenvalue weighted by molar-refractivity contribution is 9.10. The van der Waals surface area contributed by atoms with Crippen LogP contribution in [0.1, 0.15) is 25.0 Å². The zero-order chi connectivity index (χ0) is 26.9. The van der Waals surface area contributed by atoms with Crippen LogP contribution in [0.25, 0.3) is 16.8 Å². The Morgan fingerprint density at radius 2 is 1.61 bits per heavy atom. The highest BCUT2D eigenvalue weighted by Gasteiger charge is 2.15. The molecule has 1 N–H and O–H groups in total. The molecule has 6 nitrogen and oxygen atoms in total. The first-order valence-electron chi connectivity index (χ1n) is 12.2. The number of anilines is 1. The Bertz CT molecular complexity index is 1510. The van der Waals surface area contributed by atoms with Gasteiger partial charge in [-0.1, -0.05) is 52.3 Å². The molecule has 4 aromatic rings. The molecule has 0 radical (unpaired) electrons. The number of amides is 1. The predicted molar refractivity (Wildman–Crippen MR) is 153 cm³/mol. The number of nitrogens with one attached hydrogen (secondary N) is 1. The summed E-state index contributed by atoms with van der Waals surface area (Å²) in [5.74, 6) is 1.27. The van der Waals surface area contributed by atoms with Crippen LogP contribution in [-0.4, -0.2) is 19.1 Å². The van der Waals surface area contributed by atoms with Crippen molar-refractivity contribution < 1.29 is 19.0 Å². The third kappa shape index (κ3) is 6.72. The van der Waals surface area contributed by atoms with Crippen molar-refractivity contribution >= 4 is 44.4 Å². The lowest BCUT2D eigenvalue weighted by molar-refractivity contribution is -0.112. The first-order valence-corrected chi connectivity index (χ1v) is 13.0. The van der Waals surface area contributed by atoms with Gasteiger partial charge in [-0.25, -0.2) is 0 Å². The summed E-state index contributed by atoms with van der Waals surface area (Å²) in [7, 11) is 0. The number of carbonyl (C=O) groups excluding carboxylic acids is 1. The molecule has 0 saturated carbocycles. The summed E-state index contributed by atoms with van der Waals surface area (Å²) in [6, 6.07) is 26.9. The minimum Gasteiger partial charge on any atom is -0.494 e. The van der Waals surface area contributed by atoms with Gasteiger partial charge in [0.2, 0.25) is 0 Å². The van der Waals surface area contributed by atoms with E-state index in [1.54, 1.807) is 36.4 Å². The fourth-order valence-corrected chi connectivity index (χ4v) is 4.27. The Hall–Kier alpha value is -4.28. The van der Waals surface area contributed by atoms with E-state index in [1.165, 1.54) is 11.5 Å². The molecule has 1 amide bonds. The first-order chi connectivity index (χ1) is 18.5. The van der Waals surface area contributed by atoms with Crippen LogP contribution in [0.3, 0.4) is 0 Å². The van der Waals surface area contributed by atoms with E-state index in [0.717, 1.165) is 10.9 Å². The quantitative estimate of drug-likeness (QED) is 0.157. The van der Waals surface area contributed by atoms with Crippen molar-refractivity contribution in [2.75, 3.05) is 18.5 Å². The second-order valence-electron chi connectivity index (χ2n) is 8.30. The lowest BCUT2D eigenvalue weighted by Gasteiger charge is -2.14. The maximum absolute atomic E-state index is 12.8. The fraction of sp³-hybridized carbons (Fsp3) is 0.161. The molecule has 7 heteroatoms. The number of nitrogens with zero attached hydrogens (tertiary/aromatic N) is 1. The van der Waals surface area contributed by atoms with Gasteiger partial charge in [-0.2, -0.15) is 5.26 Å².